The van der Waals surface area contributed by atoms with Crippen molar-refractivity contribution in [2.45, 2.75) is 32.2 Å². The number of aromatic nitrogens is 3. The predicted octanol–water partition coefficient (Wildman–Crippen LogP) is 3.82. The highest BCUT2D eigenvalue weighted by atomic mass is 35.5. The van der Waals surface area contributed by atoms with Gasteiger partial charge in [0, 0.05) is 36.1 Å². The Morgan fingerprint density at radius 3 is 2.83 bits per heavy atom. The van der Waals surface area contributed by atoms with Crippen LogP contribution in [-0.2, 0) is 19.4 Å². The van der Waals surface area contributed by atoms with Crippen molar-refractivity contribution < 1.29 is 9.72 Å². The quantitative estimate of drug-likeness (QED) is 0.477. The van der Waals surface area contributed by atoms with Crippen molar-refractivity contribution in [2.24, 2.45) is 0 Å². The minimum absolute atomic E-state index is 0.0857. The lowest BCUT2D eigenvalue weighted by molar-refractivity contribution is -0.384. The summed E-state index contributed by atoms with van der Waals surface area (Å²) in [6.45, 7) is 0.821. The predicted molar refractivity (Wildman–Crippen MR) is 113 cm³/mol. The molecule has 0 bridgehead atoms. The number of non-ortho nitro benzene ring substituents is 1. The fraction of sp³-hybridized carbons (Fsp3) is 0.286. The topological polar surface area (TPSA) is 103 Å². The fourth-order valence-corrected chi connectivity index (χ4v) is 3.94. The number of fused-ring (bicyclic) bond motifs is 1. The molecule has 1 N–H and O–H groups in total. The monoisotopic (exact) mass is 425 g/mol. The molecule has 9 heteroatoms. The Morgan fingerprint density at radius 2 is 2.07 bits per heavy atom. The number of nitrogens with zero attached hydrogens (tertiary/aromatic N) is 4. The molecule has 3 aromatic rings. The lowest BCUT2D eigenvalue weighted by Crippen LogP contribution is -2.28. The minimum Gasteiger partial charge on any atom is -0.350 e. The van der Waals surface area contributed by atoms with E-state index in [1.807, 2.05) is 22.9 Å². The first kappa shape index (κ1) is 20.0. The molecule has 0 aliphatic heterocycles. The number of carbonyl (C=O) groups is 1. The highest BCUT2D eigenvalue weighted by Crippen LogP contribution is 2.30. The summed E-state index contributed by atoms with van der Waals surface area (Å²) in [4.78, 5) is 27.3. The first-order chi connectivity index (χ1) is 14.5. The average Bonchev–Trinajstić information content (AvgIpc) is 3.13. The number of pyridine rings is 1. The van der Waals surface area contributed by atoms with Crippen LogP contribution in [0.2, 0.25) is 5.02 Å². The Bertz CT molecular complexity index is 1100. The summed E-state index contributed by atoms with van der Waals surface area (Å²) < 4.78 is 1.94. The second kappa shape index (κ2) is 8.62. The molecule has 0 unspecified atom stereocenters. The van der Waals surface area contributed by atoms with Crippen LogP contribution >= 0.6 is 11.6 Å². The molecule has 0 atom stereocenters. The maximum atomic E-state index is 12.5. The van der Waals surface area contributed by atoms with Crippen LogP contribution in [0.5, 0.6) is 0 Å². The van der Waals surface area contributed by atoms with E-state index in [4.69, 9.17) is 16.7 Å². The molecular weight excluding hydrogens is 406 g/mol. The zero-order chi connectivity index (χ0) is 21.1. The maximum Gasteiger partial charge on any atom is 0.270 e. The third kappa shape index (κ3) is 4.04. The van der Waals surface area contributed by atoms with Crippen LogP contribution in [0.1, 0.15) is 34.5 Å². The number of nitrogens with one attached hydrogen (secondary N) is 1. The molecule has 0 fully saturated rings. The summed E-state index contributed by atoms with van der Waals surface area (Å²) in [5, 5.41) is 18.7. The molecular formula is C21H20ClN5O3. The number of amides is 1. The molecule has 0 spiro atoms. The van der Waals surface area contributed by atoms with Crippen LogP contribution in [0.3, 0.4) is 0 Å². The number of benzene rings is 1. The SMILES string of the molecule is O=C(NCCn1nc(-c2ccccn2)c2c1CCCC2)c1cc([N+](=O)[O-])ccc1Cl. The van der Waals surface area contributed by atoms with Crippen LogP contribution < -0.4 is 5.32 Å². The van der Waals surface area contributed by atoms with E-state index in [1.54, 1.807) is 6.20 Å². The standard InChI is InChI=1S/C21H20ClN5O3/c22-17-9-8-14(27(29)30)13-16(17)21(28)24-11-12-26-19-7-2-1-5-15(19)20(25-26)18-6-3-4-10-23-18/h3-4,6,8-10,13H,1-2,5,7,11-12H2,(H,24,28). The third-order valence-corrected chi connectivity index (χ3v) is 5.51. The van der Waals surface area contributed by atoms with Gasteiger partial charge in [-0.25, -0.2) is 0 Å². The van der Waals surface area contributed by atoms with E-state index in [9.17, 15) is 14.9 Å². The van der Waals surface area contributed by atoms with Crippen molar-refractivity contribution in [3.63, 3.8) is 0 Å². The second-order valence-corrected chi connectivity index (χ2v) is 7.50. The van der Waals surface area contributed by atoms with E-state index in [-0.39, 0.29) is 16.3 Å². The number of rotatable bonds is 6. The molecule has 1 aromatic carbocycles. The summed E-state index contributed by atoms with van der Waals surface area (Å²) in [7, 11) is 0. The van der Waals surface area contributed by atoms with Gasteiger partial charge in [-0.15, -0.1) is 0 Å². The highest BCUT2D eigenvalue weighted by molar-refractivity contribution is 6.33. The number of nitro benzene ring substituents is 1. The van der Waals surface area contributed by atoms with Gasteiger partial charge >= 0.3 is 0 Å². The van der Waals surface area contributed by atoms with Gasteiger partial charge in [0.25, 0.3) is 11.6 Å². The fourth-order valence-electron chi connectivity index (χ4n) is 3.74. The number of halogens is 1. The summed E-state index contributed by atoms with van der Waals surface area (Å²) in [5.74, 6) is -0.449. The van der Waals surface area contributed by atoms with Crippen molar-refractivity contribution in [3.8, 4) is 11.4 Å². The van der Waals surface area contributed by atoms with Gasteiger partial charge in [-0.05, 0) is 43.9 Å². The van der Waals surface area contributed by atoms with Crippen molar-refractivity contribution in [1.29, 1.82) is 0 Å². The lowest BCUT2D eigenvalue weighted by atomic mass is 9.95. The van der Waals surface area contributed by atoms with Crippen LogP contribution in [0.25, 0.3) is 11.4 Å². The van der Waals surface area contributed by atoms with E-state index in [0.29, 0.717) is 13.1 Å². The Morgan fingerprint density at radius 1 is 1.23 bits per heavy atom. The Hall–Kier alpha value is -3.26. The van der Waals surface area contributed by atoms with Crippen LogP contribution in [-0.4, -0.2) is 32.1 Å². The van der Waals surface area contributed by atoms with Gasteiger partial charge in [-0.3, -0.25) is 24.6 Å². The maximum absolute atomic E-state index is 12.5. The zero-order valence-electron chi connectivity index (χ0n) is 16.2. The Balaban J connectivity index is 1.50. The molecule has 0 saturated heterocycles. The van der Waals surface area contributed by atoms with Crippen LogP contribution in [0.15, 0.2) is 42.6 Å². The molecule has 4 rings (SSSR count). The van der Waals surface area contributed by atoms with Gasteiger partial charge in [0.05, 0.1) is 27.7 Å². The largest absolute Gasteiger partial charge is 0.350 e. The second-order valence-electron chi connectivity index (χ2n) is 7.10. The normalized spacial score (nSPS) is 13.0. The Labute approximate surface area is 178 Å². The summed E-state index contributed by atoms with van der Waals surface area (Å²) in [6, 6.07) is 9.59. The molecule has 0 saturated carbocycles. The molecule has 2 heterocycles. The number of hydrogen-bond acceptors (Lipinski definition) is 5. The number of nitro groups is 1. The average molecular weight is 426 g/mol. The van der Waals surface area contributed by atoms with E-state index in [1.165, 1.54) is 29.5 Å². The molecule has 30 heavy (non-hydrogen) atoms. The van der Waals surface area contributed by atoms with E-state index in [2.05, 4.69) is 10.3 Å². The van der Waals surface area contributed by atoms with Crippen LogP contribution in [0.4, 0.5) is 5.69 Å². The summed E-state index contributed by atoms with van der Waals surface area (Å²) >= 11 is 6.05. The molecule has 1 amide bonds. The summed E-state index contributed by atoms with van der Waals surface area (Å²) in [6.07, 6.45) is 5.90. The minimum atomic E-state index is -0.553. The van der Waals surface area contributed by atoms with Gasteiger partial charge in [0.1, 0.15) is 5.69 Å². The van der Waals surface area contributed by atoms with Crippen molar-refractivity contribution >= 4 is 23.2 Å². The zero-order valence-corrected chi connectivity index (χ0v) is 16.9. The molecule has 1 aliphatic carbocycles. The van der Waals surface area contributed by atoms with Crippen LogP contribution in [0, 0.1) is 10.1 Å². The highest BCUT2D eigenvalue weighted by Gasteiger charge is 2.22. The number of carbonyl (C=O) groups excluding carboxylic acids is 1. The molecule has 154 valence electrons. The van der Waals surface area contributed by atoms with Crippen molar-refractivity contribution in [2.75, 3.05) is 6.54 Å². The molecule has 1 aliphatic rings. The van der Waals surface area contributed by atoms with Gasteiger partial charge in [0.2, 0.25) is 0 Å². The molecule has 2 aromatic heterocycles. The van der Waals surface area contributed by atoms with Gasteiger partial charge < -0.3 is 5.32 Å². The Kier molecular flexibility index (Phi) is 5.76. The molecule has 0 radical (unpaired) electrons. The van der Waals surface area contributed by atoms with E-state index >= 15 is 0 Å². The van der Waals surface area contributed by atoms with Crippen molar-refractivity contribution in [1.82, 2.24) is 20.1 Å². The first-order valence-electron chi connectivity index (χ1n) is 9.76. The first-order valence-corrected chi connectivity index (χ1v) is 10.1. The smallest absolute Gasteiger partial charge is 0.270 e. The van der Waals surface area contributed by atoms with E-state index < -0.39 is 10.8 Å². The van der Waals surface area contributed by atoms with Gasteiger partial charge in [0.15, 0.2) is 0 Å². The number of hydrogen-bond donors (Lipinski definition) is 1. The molecule has 8 nitrogen and oxygen atoms in total. The van der Waals surface area contributed by atoms with Crippen molar-refractivity contribution in [3.05, 3.63) is 74.6 Å². The summed E-state index contributed by atoms with van der Waals surface area (Å²) in [5.41, 5.74) is 4.07. The van der Waals surface area contributed by atoms with E-state index in [0.717, 1.165) is 37.1 Å². The third-order valence-electron chi connectivity index (χ3n) is 5.18. The van der Waals surface area contributed by atoms with Gasteiger partial charge in [-0.2, -0.15) is 5.10 Å². The lowest BCUT2D eigenvalue weighted by Gasteiger charge is -2.14. The van der Waals surface area contributed by atoms with Gasteiger partial charge in [-0.1, -0.05) is 17.7 Å².